The quantitative estimate of drug-likeness (QED) is 0.718. The van der Waals surface area contributed by atoms with E-state index in [1.807, 2.05) is 0 Å². The Kier molecular flexibility index (Phi) is 6.14. The minimum absolute atomic E-state index is 0.00702. The molecule has 0 saturated heterocycles. The van der Waals surface area contributed by atoms with Crippen LogP contribution in [0.2, 0.25) is 0 Å². The monoisotopic (exact) mass is 423 g/mol. The van der Waals surface area contributed by atoms with Gasteiger partial charge in [-0.3, -0.25) is 4.79 Å². The van der Waals surface area contributed by atoms with E-state index in [2.05, 4.69) is 5.10 Å². The van der Waals surface area contributed by atoms with Crippen molar-refractivity contribution in [2.45, 2.75) is 31.5 Å². The number of primary sulfonamides is 1. The molecule has 0 radical (unpaired) electrons. The number of hydrogen-bond acceptors (Lipinski definition) is 5. The molecule has 2 N–H and O–H groups in total. The van der Waals surface area contributed by atoms with Gasteiger partial charge in [-0.2, -0.15) is 18.3 Å². The van der Waals surface area contributed by atoms with Gasteiger partial charge in [-0.1, -0.05) is 19.9 Å². The van der Waals surface area contributed by atoms with Gasteiger partial charge in [0.1, 0.15) is 17.3 Å². The van der Waals surface area contributed by atoms with E-state index < -0.39 is 44.8 Å². The number of rotatable bonds is 6. The van der Waals surface area contributed by atoms with Crippen molar-refractivity contribution in [1.29, 1.82) is 0 Å². The maximum Gasteiger partial charge on any atom is 0.408 e. The van der Waals surface area contributed by atoms with Gasteiger partial charge in [0.15, 0.2) is 5.75 Å². The minimum Gasteiger partial charge on any atom is -0.487 e. The molecule has 0 fully saturated rings. The molecule has 0 atom stereocenters. The summed E-state index contributed by atoms with van der Waals surface area (Å²) in [6.07, 6.45) is -3.76. The molecular weight excluding hydrogens is 406 g/mol. The lowest BCUT2D eigenvalue weighted by atomic mass is 10.1. The number of ether oxygens (including phenoxy) is 1. The van der Waals surface area contributed by atoms with Gasteiger partial charge in [-0.15, -0.1) is 0 Å². The summed E-state index contributed by atoms with van der Waals surface area (Å²) in [4.78, 5) is 11.7. The highest BCUT2D eigenvalue weighted by molar-refractivity contribution is 7.89. The number of alkyl halides is 3. The van der Waals surface area contributed by atoms with E-state index >= 15 is 0 Å². The van der Waals surface area contributed by atoms with Crippen LogP contribution in [-0.4, -0.2) is 31.0 Å². The number of benzene rings is 1. The van der Waals surface area contributed by atoms with Gasteiger partial charge in [0.2, 0.25) is 10.0 Å². The largest absolute Gasteiger partial charge is 0.487 e. The molecule has 2 rings (SSSR count). The predicted octanol–water partition coefficient (Wildman–Crippen LogP) is 2.29. The van der Waals surface area contributed by atoms with Gasteiger partial charge < -0.3 is 4.74 Å². The first-order valence-electron chi connectivity index (χ1n) is 7.92. The number of nitrogens with zero attached hydrogens (tertiary/aromatic N) is 2. The average Bonchev–Trinajstić information content (AvgIpc) is 2.52. The third-order valence-corrected chi connectivity index (χ3v) is 4.38. The van der Waals surface area contributed by atoms with Crippen LogP contribution in [0.5, 0.6) is 5.75 Å². The maximum atomic E-state index is 14.1. The third-order valence-electron chi connectivity index (χ3n) is 3.44. The second-order valence-electron chi connectivity index (χ2n) is 6.36. The number of halogens is 4. The summed E-state index contributed by atoms with van der Waals surface area (Å²) in [6, 6.07) is 2.82. The molecule has 0 aliphatic rings. The normalized spacial score (nSPS) is 12.4. The van der Waals surface area contributed by atoms with E-state index in [4.69, 9.17) is 9.88 Å². The minimum atomic E-state index is -4.68. The Hall–Kier alpha value is -2.47. The van der Waals surface area contributed by atoms with Gasteiger partial charge in [0, 0.05) is 5.56 Å². The molecule has 0 saturated carbocycles. The van der Waals surface area contributed by atoms with Crippen molar-refractivity contribution in [2.75, 3.05) is 6.61 Å². The lowest BCUT2D eigenvalue weighted by Gasteiger charge is -2.15. The van der Waals surface area contributed by atoms with Crippen LogP contribution in [0.1, 0.15) is 13.8 Å². The Labute approximate surface area is 157 Å². The van der Waals surface area contributed by atoms with Crippen LogP contribution in [0.3, 0.4) is 0 Å². The standard InChI is InChI=1S/C16H17F4N3O4S/c1-9(2)7-27-14-11(6-22-23(15(14)24)8-16(18,19)20)10-3-4-13(12(17)5-10)28(21,25)26/h3-6,9H,7-8H2,1-2H3,(H2,21,25,26). The summed E-state index contributed by atoms with van der Waals surface area (Å²) >= 11 is 0. The van der Waals surface area contributed by atoms with Crippen LogP contribution < -0.4 is 15.4 Å². The molecule has 1 aromatic carbocycles. The third kappa shape index (κ3) is 5.29. The molecule has 0 aliphatic heterocycles. The highest BCUT2D eigenvalue weighted by Gasteiger charge is 2.30. The van der Waals surface area contributed by atoms with E-state index in [1.165, 1.54) is 0 Å². The summed E-state index contributed by atoms with van der Waals surface area (Å²) in [5.41, 5.74) is -1.23. The van der Waals surface area contributed by atoms with Crippen LogP contribution in [0, 0.1) is 11.7 Å². The molecule has 0 amide bonds. The van der Waals surface area contributed by atoms with Crippen molar-refractivity contribution in [2.24, 2.45) is 11.1 Å². The molecule has 1 aromatic heterocycles. The van der Waals surface area contributed by atoms with E-state index in [1.54, 1.807) is 13.8 Å². The molecule has 0 unspecified atom stereocenters. The molecule has 0 aliphatic carbocycles. The summed E-state index contributed by atoms with van der Waals surface area (Å²) in [5.74, 6) is -1.69. The smallest absolute Gasteiger partial charge is 0.408 e. The average molecular weight is 423 g/mol. The first kappa shape index (κ1) is 21.8. The predicted molar refractivity (Wildman–Crippen MR) is 91.7 cm³/mol. The van der Waals surface area contributed by atoms with Crippen molar-refractivity contribution in [1.82, 2.24) is 9.78 Å². The second-order valence-corrected chi connectivity index (χ2v) is 7.89. The molecule has 28 heavy (non-hydrogen) atoms. The number of sulfonamides is 1. The van der Waals surface area contributed by atoms with Gasteiger partial charge in [0.25, 0.3) is 0 Å². The van der Waals surface area contributed by atoms with Gasteiger partial charge >= 0.3 is 11.7 Å². The Morgan fingerprint density at radius 1 is 1.29 bits per heavy atom. The zero-order chi connectivity index (χ0) is 21.3. The van der Waals surface area contributed by atoms with Gasteiger partial charge in [-0.05, 0) is 23.6 Å². The first-order valence-corrected chi connectivity index (χ1v) is 9.46. The number of aromatic nitrogens is 2. The molecule has 1 heterocycles. The maximum absolute atomic E-state index is 14.1. The van der Waals surface area contributed by atoms with Gasteiger partial charge in [0.05, 0.1) is 12.8 Å². The topological polar surface area (TPSA) is 104 Å². The Balaban J connectivity index is 2.61. The van der Waals surface area contributed by atoms with E-state index in [9.17, 15) is 30.8 Å². The Morgan fingerprint density at radius 3 is 2.43 bits per heavy atom. The van der Waals surface area contributed by atoms with E-state index in [-0.39, 0.29) is 28.3 Å². The van der Waals surface area contributed by atoms with Crippen LogP contribution in [0.15, 0.2) is 34.1 Å². The van der Waals surface area contributed by atoms with Gasteiger partial charge in [-0.25, -0.2) is 22.6 Å². The highest BCUT2D eigenvalue weighted by Crippen LogP contribution is 2.29. The van der Waals surface area contributed by atoms with E-state index in [0.29, 0.717) is 0 Å². The fourth-order valence-corrected chi connectivity index (χ4v) is 2.84. The molecule has 0 spiro atoms. The van der Waals surface area contributed by atoms with E-state index in [0.717, 1.165) is 24.4 Å². The lowest BCUT2D eigenvalue weighted by Crippen LogP contribution is -2.31. The van der Waals surface area contributed by atoms with Crippen LogP contribution >= 0.6 is 0 Å². The lowest BCUT2D eigenvalue weighted by molar-refractivity contribution is -0.143. The molecule has 0 bridgehead atoms. The van der Waals surface area contributed by atoms with Crippen molar-refractivity contribution in [3.05, 3.63) is 40.6 Å². The van der Waals surface area contributed by atoms with Crippen molar-refractivity contribution >= 4 is 10.0 Å². The fourth-order valence-electron chi connectivity index (χ4n) is 2.25. The SMILES string of the molecule is CC(C)COc1c(-c2ccc(S(N)(=O)=O)c(F)c2)cnn(CC(F)(F)F)c1=O. The van der Waals surface area contributed by atoms with Crippen molar-refractivity contribution in [3.8, 4) is 16.9 Å². The summed E-state index contributed by atoms with van der Waals surface area (Å²) < 4.78 is 80.2. The van der Waals surface area contributed by atoms with Crippen molar-refractivity contribution in [3.63, 3.8) is 0 Å². The zero-order valence-electron chi connectivity index (χ0n) is 14.8. The number of hydrogen-bond donors (Lipinski definition) is 1. The molecular formula is C16H17F4N3O4S. The Bertz CT molecular complexity index is 1030. The number of nitrogens with two attached hydrogens (primary N) is 1. The Morgan fingerprint density at radius 2 is 1.93 bits per heavy atom. The fraction of sp³-hybridized carbons (Fsp3) is 0.375. The molecule has 7 nitrogen and oxygen atoms in total. The molecule has 2 aromatic rings. The summed E-state index contributed by atoms with van der Waals surface area (Å²) in [5, 5.41) is 8.36. The van der Waals surface area contributed by atoms with Crippen LogP contribution in [0.25, 0.3) is 11.1 Å². The van der Waals surface area contributed by atoms with Crippen LogP contribution in [-0.2, 0) is 16.6 Å². The van der Waals surface area contributed by atoms with Crippen LogP contribution in [0.4, 0.5) is 17.6 Å². The van der Waals surface area contributed by atoms with Crippen molar-refractivity contribution < 1.29 is 30.7 Å². The summed E-state index contributed by atoms with van der Waals surface area (Å²) in [6.45, 7) is 1.91. The highest BCUT2D eigenvalue weighted by atomic mass is 32.2. The molecule has 154 valence electrons. The molecule has 12 heteroatoms. The second kappa shape index (κ2) is 7.87. The first-order chi connectivity index (χ1) is 12.8. The zero-order valence-corrected chi connectivity index (χ0v) is 15.6. The summed E-state index contributed by atoms with van der Waals surface area (Å²) in [7, 11) is -4.31.